The predicted molar refractivity (Wildman–Crippen MR) is 50.9 cm³/mol. The lowest BCUT2D eigenvalue weighted by Gasteiger charge is -2.12. The van der Waals surface area contributed by atoms with Crippen molar-refractivity contribution >= 4 is 5.69 Å². The molecular weight excluding hydrogens is 184 g/mol. The largest absolute Gasteiger partial charge is 0.491 e. The molecule has 0 saturated heterocycles. The van der Waals surface area contributed by atoms with E-state index in [4.69, 9.17) is 4.74 Å². The maximum atomic E-state index is 10.7. The Labute approximate surface area is 81.0 Å². The molecule has 1 aliphatic rings. The van der Waals surface area contributed by atoms with Gasteiger partial charge in [0.25, 0.3) is 0 Å². The molecule has 0 spiro atoms. The molecule has 0 unspecified atom stereocenters. The van der Waals surface area contributed by atoms with E-state index < -0.39 is 5.03 Å². The highest BCUT2D eigenvalue weighted by Gasteiger charge is 2.23. The van der Waals surface area contributed by atoms with Crippen molar-refractivity contribution in [3.8, 4) is 5.75 Å². The van der Waals surface area contributed by atoms with Crippen molar-refractivity contribution in [3.05, 3.63) is 34.4 Å². The first-order valence-electron chi connectivity index (χ1n) is 4.43. The molecule has 74 valence electrons. The zero-order valence-corrected chi connectivity index (χ0v) is 7.55. The van der Waals surface area contributed by atoms with Gasteiger partial charge in [0.2, 0.25) is 0 Å². The minimum atomic E-state index is -0.395. The van der Waals surface area contributed by atoms with Crippen LogP contribution in [0, 0.1) is 10.1 Å². The lowest BCUT2D eigenvalue weighted by atomic mass is 10.3. The molecule has 5 nitrogen and oxygen atoms in total. The standard InChI is InChI=1S/C9H10N2O3/c12-11(13)10-6-3-7-14-9-5-2-1-4-8(9)10/h1-2,4-5H,3,6-7H2. The highest BCUT2D eigenvalue weighted by Crippen LogP contribution is 2.29. The molecule has 0 bridgehead atoms. The first kappa shape index (κ1) is 8.80. The first-order chi connectivity index (χ1) is 6.79. The van der Waals surface area contributed by atoms with Crippen molar-refractivity contribution < 1.29 is 9.77 Å². The summed E-state index contributed by atoms with van der Waals surface area (Å²) in [7, 11) is 0. The number of ether oxygens (including phenoxy) is 1. The second-order valence-corrected chi connectivity index (χ2v) is 3.03. The van der Waals surface area contributed by atoms with Crippen molar-refractivity contribution in [3.63, 3.8) is 0 Å². The van der Waals surface area contributed by atoms with Crippen LogP contribution in [0.3, 0.4) is 0 Å². The SMILES string of the molecule is O=[N+]([O-])N1CCCOc2ccccc21. The molecule has 0 amide bonds. The van der Waals surface area contributed by atoms with Gasteiger partial charge in [-0.15, -0.1) is 0 Å². The van der Waals surface area contributed by atoms with Gasteiger partial charge in [0.1, 0.15) is 11.4 Å². The van der Waals surface area contributed by atoms with Gasteiger partial charge in [-0.25, -0.2) is 10.1 Å². The molecular formula is C9H10N2O3. The minimum Gasteiger partial charge on any atom is -0.491 e. The van der Waals surface area contributed by atoms with Crippen LogP contribution in [-0.2, 0) is 0 Å². The van der Waals surface area contributed by atoms with Crippen LogP contribution < -0.4 is 9.75 Å². The molecule has 0 fully saturated rings. The van der Waals surface area contributed by atoms with Gasteiger partial charge >= 0.3 is 0 Å². The highest BCUT2D eigenvalue weighted by atomic mass is 16.7. The second kappa shape index (κ2) is 3.53. The van der Waals surface area contributed by atoms with Gasteiger partial charge < -0.3 is 4.74 Å². The fraction of sp³-hybridized carbons (Fsp3) is 0.333. The van der Waals surface area contributed by atoms with E-state index >= 15 is 0 Å². The number of benzene rings is 1. The van der Waals surface area contributed by atoms with E-state index in [1.807, 2.05) is 6.07 Å². The van der Waals surface area contributed by atoms with Gasteiger partial charge in [-0.3, -0.25) is 0 Å². The molecule has 0 saturated carbocycles. The van der Waals surface area contributed by atoms with Gasteiger partial charge in [-0.05, 0) is 12.1 Å². The van der Waals surface area contributed by atoms with Crippen molar-refractivity contribution in [1.29, 1.82) is 0 Å². The van der Waals surface area contributed by atoms with Crippen LogP contribution in [0.2, 0.25) is 0 Å². The molecule has 0 radical (unpaired) electrons. The third-order valence-corrected chi connectivity index (χ3v) is 2.11. The number of anilines is 1. The van der Waals surface area contributed by atoms with Crippen LogP contribution in [0.15, 0.2) is 24.3 Å². The monoisotopic (exact) mass is 194 g/mol. The lowest BCUT2D eigenvalue weighted by molar-refractivity contribution is -0.494. The summed E-state index contributed by atoms with van der Waals surface area (Å²) in [4.78, 5) is 10.7. The predicted octanol–water partition coefficient (Wildman–Crippen LogP) is 1.47. The van der Waals surface area contributed by atoms with Crippen LogP contribution in [0.5, 0.6) is 5.75 Å². The maximum Gasteiger partial charge on any atom is 0.165 e. The molecule has 5 heteroatoms. The van der Waals surface area contributed by atoms with Crippen LogP contribution in [0.1, 0.15) is 6.42 Å². The summed E-state index contributed by atoms with van der Waals surface area (Å²) < 4.78 is 5.38. The average molecular weight is 194 g/mol. The summed E-state index contributed by atoms with van der Waals surface area (Å²) in [5.41, 5.74) is 0.537. The van der Waals surface area contributed by atoms with E-state index in [-0.39, 0.29) is 0 Å². The number of hydrogen-bond donors (Lipinski definition) is 0. The lowest BCUT2D eigenvalue weighted by Crippen LogP contribution is -2.30. The van der Waals surface area contributed by atoms with E-state index in [9.17, 15) is 10.1 Å². The summed E-state index contributed by atoms with van der Waals surface area (Å²) in [6.07, 6.45) is 0.662. The fourth-order valence-electron chi connectivity index (χ4n) is 1.48. The summed E-state index contributed by atoms with van der Waals surface area (Å²) >= 11 is 0. The van der Waals surface area contributed by atoms with Crippen LogP contribution in [0.4, 0.5) is 5.69 Å². The van der Waals surface area contributed by atoms with E-state index in [1.165, 1.54) is 0 Å². The Balaban J connectivity index is 2.42. The number of nitrogens with zero attached hydrogens (tertiary/aromatic N) is 2. The molecule has 2 rings (SSSR count). The zero-order chi connectivity index (χ0) is 9.97. The minimum absolute atomic E-state index is 0.393. The molecule has 1 aromatic rings. The first-order valence-corrected chi connectivity index (χ1v) is 4.43. The second-order valence-electron chi connectivity index (χ2n) is 3.03. The van der Waals surface area contributed by atoms with Gasteiger partial charge in [0, 0.05) is 6.42 Å². The molecule has 1 heterocycles. The highest BCUT2D eigenvalue weighted by molar-refractivity contribution is 5.56. The molecule has 14 heavy (non-hydrogen) atoms. The summed E-state index contributed by atoms with van der Waals surface area (Å²) in [6, 6.07) is 7.02. The van der Waals surface area contributed by atoms with Crippen molar-refractivity contribution in [2.75, 3.05) is 18.2 Å². The van der Waals surface area contributed by atoms with Crippen molar-refractivity contribution in [1.82, 2.24) is 0 Å². The normalized spacial score (nSPS) is 15.3. The average Bonchev–Trinajstić information content (AvgIpc) is 2.39. The Morgan fingerprint density at radius 3 is 3.00 bits per heavy atom. The molecule has 0 aliphatic carbocycles. The Morgan fingerprint density at radius 1 is 1.43 bits per heavy atom. The number of nitro groups is 1. The topological polar surface area (TPSA) is 55.6 Å². The quantitative estimate of drug-likeness (QED) is 0.501. The van der Waals surface area contributed by atoms with E-state index in [0.717, 1.165) is 5.01 Å². The van der Waals surface area contributed by atoms with Crippen LogP contribution >= 0.6 is 0 Å². The van der Waals surface area contributed by atoms with E-state index in [0.29, 0.717) is 31.0 Å². The van der Waals surface area contributed by atoms with Crippen LogP contribution in [0.25, 0.3) is 0 Å². The molecule has 0 aromatic heterocycles. The van der Waals surface area contributed by atoms with E-state index in [1.54, 1.807) is 18.2 Å². The molecule has 1 aromatic carbocycles. The van der Waals surface area contributed by atoms with Crippen molar-refractivity contribution in [2.45, 2.75) is 6.42 Å². The smallest absolute Gasteiger partial charge is 0.165 e. The third kappa shape index (κ3) is 1.48. The fourth-order valence-corrected chi connectivity index (χ4v) is 1.48. The third-order valence-electron chi connectivity index (χ3n) is 2.11. The van der Waals surface area contributed by atoms with Crippen LogP contribution in [-0.4, -0.2) is 18.2 Å². The van der Waals surface area contributed by atoms with E-state index in [2.05, 4.69) is 0 Å². The summed E-state index contributed by atoms with van der Waals surface area (Å²) in [5.74, 6) is 0.585. The molecule has 0 N–H and O–H groups in total. The maximum absolute atomic E-state index is 10.7. The Kier molecular flexibility index (Phi) is 2.22. The number of hydrogen-bond acceptors (Lipinski definition) is 3. The molecule has 1 aliphatic heterocycles. The van der Waals surface area contributed by atoms with Gasteiger partial charge in [-0.2, -0.15) is 0 Å². The number of hydrazine groups is 1. The Hall–Kier alpha value is -1.78. The number of para-hydroxylation sites is 2. The summed E-state index contributed by atoms with van der Waals surface area (Å²) in [6.45, 7) is 0.922. The summed E-state index contributed by atoms with van der Waals surface area (Å²) in [5, 5.41) is 11.5. The van der Waals surface area contributed by atoms with Crippen molar-refractivity contribution in [2.24, 2.45) is 0 Å². The molecule has 0 atom stereocenters. The Bertz CT molecular complexity index is 354. The zero-order valence-electron chi connectivity index (χ0n) is 7.55. The Morgan fingerprint density at radius 2 is 2.21 bits per heavy atom. The van der Waals surface area contributed by atoms with Gasteiger partial charge in [0.05, 0.1) is 13.2 Å². The number of fused-ring (bicyclic) bond motifs is 1. The number of rotatable bonds is 1. The van der Waals surface area contributed by atoms with Gasteiger partial charge in [-0.1, -0.05) is 17.1 Å². The van der Waals surface area contributed by atoms with Gasteiger partial charge in [0.15, 0.2) is 5.03 Å².